The molecule has 7 nitrogen and oxygen atoms in total. The topological polar surface area (TPSA) is 62.3 Å². The van der Waals surface area contributed by atoms with Crippen LogP contribution in [0.25, 0.3) is 0 Å². The van der Waals surface area contributed by atoms with Crippen LogP contribution in [0.4, 0.5) is 15.8 Å². The Balaban J connectivity index is 1.27. The number of halogens is 1. The third-order valence-electron chi connectivity index (χ3n) is 5.68. The van der Waals surface area contributed by atoms with E-state index in [1.165, 1.54) is 17.0 Å². The first kappa shape index (κ1) is 17.9. The van der Waals surface area contributed by atoms with Gasteiger partial charge in [0.15, 0.2) is 11.5 Å². The summed E-state index contributed by atoms with van der Waals surface area (Å²) in [7, 11) is 0. The number of hydrogen-bond donors (Lipinski definition) is 0. The second-order valence-corrected chi connectivity index (χ2v) is 7.32. The fourth-order valence-corrected chi connectivity index (χ4v) is 4.14. The number of hydrogen-bond acceptors (Lipinski definition) is 6. The number of rotatable bonds is 3. The van der Waals surface area contributed by atoms with Crippen molar-refractivity contribution in [3.8, 4) is 11.5 Å². The maximum Gasteiger partial charge on any atom is 0.251 e. The second-order valence-electron chi connectivity index (χ2n) is 7.32. The maximum atomic E-state index is 13.1. The fraction of sp³-hybridized carbons (Fsp3) is 0.333. The number of ether oxygens (including phenoxy) is 2. The summed E-state index contributed by atoms with van der Waals surface area (Å²) in [6, 6.07) is 11.1. The van der Waals surface area contributed by atoms with Crippen LogP contribution >= 0.6 is 0 Å². The highest BCUT2D eigenvalue weighted by Crippen LogP contribution is 2.37. The van der Waals surface area contributed by atoms with E-state index >= 15 is 0 Å². The molecule has 0 bridgehead atoms. The molecule has 2 aromatic rings. The van der Waals surface area contributed by atoms with Crippen LogP contribution in [-0.4, -0.2) is 55.7 Å². The summed E-state index contributed by atoms with van der Waals surface area (Å²) >= 11 is 0. The minimum atomic E-state index is -0.455. The van der Waals surface area contributed by atoms with Gasteiger partial charge in [-0.25, -0.2) is 9.29 Å². The predicted molar refractivity (Wildman–Crippen MR) is 104 cm³/mol. The van der Waals surface area contributed by atoms with Crippen LogP contribution in [0.3, 0.4) is 0 Å². The second kappa shape index (κ2) is 7.04. The number of benzene rings is 2. The molecule has 29 heavy (non-hydrogen) atoms. The summed E-state index contributed by atoms with van der Waals surface area (Å²) in [5.74, 6) is 0.482. The van der Waals surface area contributed by atoms with E-state index in [1.54, 1.807) is 30.3 Å². The zero-order chi connectivity index (χ0) is 20.0. The lowest BCUT2D eigenvalue weighted by Gasteiger charge is -2.38. The predicted octanol–water partition coefficient (Wildman–Crippen LogP) is 2.01. The summed E-state index contributed by atoms with van der Waals surface area (Å²) in [5, 5.41) is 0. The van der Waals surface area contributed by atoms with Crippen LogP contribution in [0.5, 0.6) is 11.5 Å². The lowest BCUT2D eigenvalue weighted by Crippen LogP contribution is -2.52. The SMILES string of the molecule is O=C1C[C@@H](N2CCN(c3ccc(F)cc3)CC2)C(=O)N1c1ccc2c(c1)OCO2. The molecule has 1 atom stereocenters. The molecule has 2 fully saturated rings. The smallest absolute Gasteiger partial charge is 0.251 e. The molecule has 0 N–H and O–H groups in total. The molecule has 3 aliphatic rings. The summed E-state index contributed by atoms with van der Waals surface area (Å²) in [6.45, 7) is 2.90. The zero-order valence-electron chi connectivity index (χ0n) is 15.7. The molecule has 3 aliphatic heterocycles. The first-order valence-electron chi connectivity index (χ1n) is 9.61. The van der Waals surface area contributed by atoms with Crippen LogP contribution in [-0.2, 0) is 9.59 Å². The van der Waals surface area contributed by atoms with Crippen molar-refractivity contribution >= 4 is 23.2 Å². The quantitative estimate of drug-likeness (QED) is 0.739. The number of anilines is 2. The van der Waals surface area contributed by atoms with Crippen molar-refractivity contribution in [1.29, 1.82) is 0 Å². The van der Waals surface area contributed by atoms with Crippen molar-refractivity contribution in [2.24, 2.45) is 0 Å². The monoisotopic (exact) mass is 397 g/mol. The van der Waals surface area contributed by atoms with Crippen LogP contribution in [0.15, 0.2) is 42.5 Å². The molecule has 150 valence electrons. The van der Waals surface area contributed by atoms with Crippen LogP contribution in [0.1, 0.15) is 6.42 Å². The number of imide groups is 1. The van der Waals surface area contributed by atoms with E-state index in [0.717, 1.165) is 5.69 Å². The van der Waals surface area contributed by atoms with Gasteiger partial charge in [0.25, 0.3) is 5.91 Å². The average Bonchev–Trinajstić information content (AvgIpc) is 3.32. The van der Waals surface area contributed by atoms with Crippen molar-refractivity contribution in [2.45, 2.75) is 12.5 Å². The molecular weight excluding hydrogens is 377 g/mol. The van der Waals surface area contributed by atoms with Gasteiger partial charge < -0.3 is 14.4 Å². The molecule has 0 radical (unpaired) electrons. The Morgan fingerprint density at radius 1 is 0.862 bits per heavy atom. The number of amides is 2. The van der Waals surface area contributed by atoms with Crippen molar-refractivity contribution < 1.29 is 23.5 Å². The summed E-state index contributed by atoms with van der Waals surface area (Å²) in [6.07, 6.45) is 0.170. The Labute approximate surface area is 167 Å². The summed E-state index contributed by atoms with van der Waals surface area (Å²) < 4.78 is 23.8. The van der Waals surface area contributed by atoms with E-state index in [2.05, 4.69) is 9.80 Å². The molecule has 0 unspecified atom stereocenters. The van der Waals surface area contributed by atoms with Crippen molar-refractivity contribution in [3.05, 3.63) is 48.3 Å². The number of carbonyl (C=O) groups excluding carboxylic acids is 2. The van der Waals surface area contributed by atoms with Crippen molar-refractivity contribution in [3.63, 3.8) is 0 Å². The summed E-state index contributed by atoms with van der Waals surface area (Å²) in [5.41, 5.74) is 1.47. The normalized spacial score (nSPS) is 21.9. The first-order valence-corrected chi connectivity index (χ1v) is 9.61. The van der Waals surface area contributed by atoms with Crippen molar-refractivity contribution in [2.75, 3.05) is 42.8 Å². The molecule has 2 amide bonds. The largest absolute Gasteiger partial charge is 0.454 e. The van der Waals surface area contributed by atoms with E-state index in [-0.39, 0.29) is 30.8 Å². The van der Waals surface area contributed by atoms with E-state index in [4.69, 9.17) is 9.47 Å². The van der Waals surface area contributed by atoms with Gasteiger partial charge in [0.2, 0.25) is 12.7 Å². The third-order valence-corrected chi connectivity index (χ3v) is 5.68. The Morgan fingerprint density at radius 2 is 1.55 bits per heavy atom. The molecule has 2 aromatic carbocycles. The highest BCUT2D eigenvalue weighted by molar-refractivity contribution is 6.22. The molecule has 0 aliphatic carbocycles. The Kier molecular flexibility index (Phi) is 4.35. The fourth-order valence-electron chi connectivity index (χ4n) is 4.14. The van der Waals surface area contributed by atoms with Gasteiger partial charge in [0.1, 0.15) is 5.82 Å². The number of nitrogens with zero attached hydrogens (tertiary/aromatic N) is 3. The Morgan fingerprint density at radius 3 is 2.31 bits per heavy atom. The number of piperazine rings is 1. The van der Waals surface area contributed by atoms with Gasteiger partial charge in [-0.3, -0.25) is 14.5 Å². The van der Waals surface area contributed by atoms with Crippen molar-refractivity contribution in [1.82, 2.24) is 4.90 Å². The maximum absolute atomic E-state index is 13.1. The Hall–Kier alpha value is -3.13. The van der Waals surface area contributed by atoms with Gasteiger partial charge in [-0.05, 0) is 36.4 Å². The first-order chi connectivity index (χ1) is 14.1. The van der Waals surface area contributed by atoms with Crippen LogP contribution < -0.4 is 19.3 Å². The molecule has 3 heterocycles. The number of fused-ring (bicyclic) bond motifs is 1. The van der Waals surface area contributed by atoms with E-state index in [0.29, 0.717) is 43.4 Å². The van der Waals surface area contributed by atoms with Crippen LogP contribution in [0, 0.1) is 5.82 Å². The molecular formula is C21H20FN3O4. The van der Waals surface area contributed by atoms with Crippen LogP contribution in [0.2, 0.25) is 0 Å². The molecule has 8 heteroatoms. The number of carbonyl (C=O) groups is 2. The molecule has 2 saturated heterocycles. The zero-order valence-corrected chi connectivity index (χ0v) is 15.7. The van der Waals surface area contributed by atoms with Gasteiger partial charge in [0, 0.05) is 37.9 Å². The molecule has 0 spiro atoms. The van der Waals surface area contributed by atoms with Gasteiger partial charge in [0.05, 0.1) is 18.2 Å². The van der Waals surface area contributed by atoms with E-state index < -0.39 is 6.04 Å². The van der Waals surface area contributed by atoms with Gasteiger partial charge >= 0.3 is 0 Å². The third kappa shape index (κ3) is 3.19. The minimum absolute atomic E-state index is 0.141. The minimum Gasteiger partial charge on any atom is -0.454 e. The van der Waals surface area contributed by atoms with Gasteiger partial charge in [-0.15, -0.1) is 0 Å². The molecule has 0 saturated carbocycles. The highest BCUT2D eigenvalue weighted by Gasteiger charge is 2.43. The molecule has 5 rings (SSSR count). The lowest BCUT2D eigenvalue weighted by molar-refractivity contribution is -0.123. The highest BCUT2D eigenvalue weighted by atomic mass is 19.1. The summed E-state index contributed by atoms with van der Waals surface area (Å²) in [4.78, 5) is 31.1. The Bertz CT molecular complexity index is 957. The lowest BCUT2D eigenvalue weighted by atomic mass is 10.1. The van der Waals surface area contributed by atoms with E-state index in [1.807, 2.05) is 0 Å². The van der Waals surface area contributed by atoms with E-state index in [9.17, 15) is 14.0 Å². The van der Waals surface area contributed by atoms with Gasteiger partial charge in [-0.1, -0.05) is 0 Å². The molecule has 0 aromatic heterocycles. The van der Waals surface area contributed by atoms with Gasteiger partial charge in [-0.2, -0.15) is 0 Å². The average molecular weight is 397 g/mol. The standard InChI is InChI=1S/C21H20FN3O4/c22-14-1-3-15(4-2-14)23-7-9-24(10-8-23)17-12-20(26)25(21(17)27)16-5-6-18-19(11-16)29-13-28-18/h1-6,11,17H,7-10,12-13H2/t17-/m1/s1.